The smallest absolute Gasteiger partial charge is 0.548 e. The van der Waals surface area contributed by atoms with Crippen molar-refractivity contribution >= 4 is 11.8 Å². The maximum absolute atomic E-state index is 11.6. The molecule has 0 saturated carbocycles. The van der Waals surface area contributed by atoms with Gasteiger partial charge < -0.3 is 15.2 Å². The van der Waals surface area contributed by atoms with Gasteiger partial charge in [-0.3, -0.25) is 4.79 Å². The zero-order valence-electron chi connectivity index (χ0n) is 16.9. The summed E-state index contributed by atoms with van der Waals surface area (Å²) in [6.07, 6.45) is 17.3. The van der Waals surface area contributed by atoms with Gasteiger partial charge in [-0.2, -0.15) is 0 Å². The van der Waals surface area contributed by atoms with E-state index in [0.29, 0.717) is 6.42 Å². The number of ketones is 1. The molecule has 0 aromatic carbocycles. The molecule has 0 aromatic rings. The largest absolute Gasteiger partial charge is 1.00 e. The van der Waals surface area contributed by atoms with Crippen LogP contribution in [0.2, 0.25) is 0 Å². The van der Waals surface area contributed by atoms with E-state index in [4.69, 9.17) is 0 Å². The maximum Gasteiger partial charge on any atom is 1.00 e. The number of carboxylic acid groups (broad SMARTS) is 1. The third-order valence-electron chi connectivity index (χ3n) is 4.52. The van der Waals surface area contributed by atoms with Crippen molar-refractivity contribution < 1.29 is 66.1 Å². The van der Waals surface area contributed by atoms with Crippen LogP contribution in [0.25, 0.3) is 0 Å². The van der Waals surface area contributed by atoms with Gasteiger partial charge in [0.15, 0.2) is 0 Å². The number of carboxylic acids is 1. The Hall–Kier alpha value is 0.736. The summed E-state index contributed by atoms with van der Waals surface area (Å²) in [4.78, 5) is 22.1. The molecule has 0 radical (unpaired) electrons. The van der Waals surface area contributed by atoms with E-state index in [1.807, 2.05) is 0 Å². The summed E-state index contributed by atoms with van der Waals surface area (Å²) in [5, 5.41) is 13.2. The van der Waals surface area contributed by atoms with Crippen LogP contribution in [0.15, 0.2) is 0 Å². The number of nitrogens with one attached hydrogen (secondary N) is 1. The summed E-state index contributed by atoms with van der Waals surface area (Å²) in [6.45, 7) is 3.88. The van der Waals surface area contributed by atoms with Gasteiger partial charge in [0.25, 0.3) is 0 Å². The fourth-order valence-corrected chi connectivity index (χ4v) is 2.78. The van der Waals surface area contributed by atoms with Crippen LogP contribution in [-0.4, -0.2) is 24.3 Å². The van der Waals surface area contributed by atoms with Crippen LogP contribution in [0.5, 0.6) is 0 Å². The van der Waals surface area contributed by atoms with Crippen molar-refractivity contribution in [1.29, 1.82) is 0 Å². The monoisotopic (exact) mass is 379 g/mol. The van der Waals surface area contributed by atoms with Crippen molar-refractivity contribution in [2.45, 2.75) is 110 Å². The first-order valence-corrected chi connectivity index (χ1v) is 10.0. The third kappa shape index (κ3) is 20.9. The number of unbranched alkanes of at least 4 members (excludes halogenated alkanes) is 12. The summed E-state index contributed by atoms with van der Waals surface area (Å²) >= 11 is 0. The minimum absolute atomic E-state index is 0. The molecule has 4 nitrogen and oxygen atoms in total. The molecule has 0 heterocycles. The first-order chi connectivity index (χ1) is 11.6. The molecule has 25 heavy (non-hydrogen) atoms. The second-order valence-corrected chi connectivity index (χ2v) is 6.95. The number of carbonyl (C=O) groups is 2. The summed E-state index contributed by atoms with van der Waals surface area (Å²) in [7, 11) is 0. The molecular formula is C20H38KNO3. The zero-order chi connectivity index (χ0) is 18.0. The first-order valence-electron chi connectivity index (χ1n) is 10.0. The molecule has 5 heteroatoms. The number of hydrogen-bond acceptors (Lipinski definition) is 4. The Bertz CT molecular complexity index is 324. The molecule has 0 rings (SSSR count). The van der Waals surface area contributed by atoms with E-state index in [2.05, 4.69) is 12.2 Å². The van der Waals surface area contributed by atoms with Gasteiger partial charge in [-0.25, -0.2) is 0 Å². The molecule has 0 aliphatic heterocycles. The van der Waals surface area contributed by atoms with Gasteiger partial charge in [-0.15, -0.1) is 0 Å². The fraction of sp³-hybridized carbons (Fsp3) is 0.900. The second-order valence-electron chi connectivity index (χ2n) is 6.95. The van der Waals surface area contributed by atoms with Gasteiger partial charge in [0.1, 0.15) is 5.78 Å². The Balaban J connectivity index is 0. The molecule has 0 bridgehead atoms. The summed E-state index contributed by atoms with van der Waals surface area (Å²) in [5.41, 5.74) is 0. The zero-order valence-corrected chi connectivity index (χ0v) is 20.0. The molecule has 1 N–H and O–H groups in total. The van der Waals surface area contributed by atoms with E-state index in [-0.39, 0.29) is 63.7 Å². The van der Waals surface area contributed by atoms with Gasteiger partial charge in [0.05, 0.1) is 12.5 Å². The van der Waals surface area contributed by atoms with Gasteiger partial charge in [0.2, 0.25) is 0 Å². The number of carbonyl (C=O) groups excluding carboxylic acids is 2. The van der Waals surface area contributed by atoms with Crippen molar-refractivity contribution in [1.82, 2.24) is 5.32 Å². The van der Waals surface area contributed by atoms with Gasteiger partial charge in [-0.05, 0) is 13.3 Å². The Labute approximate surface area is 197 Å². The van der Waals surface area contributed by atoms with Crippen LogP contribution in [0, 0.1) is 0 Å². The Morgan fingerprint density at radius 1 is 0.800 bits per heavy atom. The van der Waals surface area contributed by atoms with E-state index < -0.39 is 12.0 Å². The predicted octanol–water partition coefficient (Wildman–Crippen LogP) is 0.769. The molecule has 0 fully saturated rings. The molecule has 0 spiro atoms. The van der Waals surface area contributed by atoms with Crippen LogP contribution < -0.4 is 61.8 Å². The standard InChI is InChI=1S/C20H39NO3.K/c1-3-4-5-6-7-8-9-10-11-12-13-14-15-16-19(22)17-21-18(2)20(23)24;/h18,21H,3-17H2,1-2H3,(H,23,24);/q;+1/p-1/t18-;/m0./s1. The Morgan fingerprint density at radius 2 is 1.20 bits per heavy atom. The van der Waals surface area contributed by atoms with Crippen LogP contribution >= 0.6 is 0 Å². The van der Waals surface area contributed by atoms with Crippen molar-refractivity contribution in [3.05, 3.63) is 0 Å². The quantitative estimate of drug-likeness (QED) is 0.282. The van der Waals surface area contributed by atoms with Crippen LogP contribution in [0.3, 0.4) is 0 Å². The molecule has 0 aromatic heterocycles. The second kappa shape index (κ2) is 21.0. The van der Waals surface area contributed by atoms with E-state index in [1.54, 1.807) is 0 Å². The van der Waals surface area contributed by atoms with Gasteiger partial charge in [-0.1, -0.05) is 84.0 Å². The molecule has 142 valence electrons. The topological polar surface area (TPSA) is 69.2 Å². The normalized spacial score (nSPS) is 11.8. The van der Waals surface area contributed by atoms with Gasteiger partial charge in [0, 0.05) is 12.5 Å². The number of hydrogen-bond donors (Lipinski definition) is 1. The van der Waals surface area contributed by atoms with E-state index in [1.165, 1.54) is 77.6 Å². The Kier molecular flexibility index (Phi) is 23.5. The van der Waals surface area contributed by atoms with Gasteiger partial charge >= 0.3 is 51.4 Å². The SMILES string of the molecule is CCCCCCCCCCCCCCCC(=O)CN[C@@H](C)C(=O)[O-].[K+]. The van der Waals surface area contributed by atoms with Crippen LogP contribution in [0.1, 0.15) is 104 Å². The van der Waals surface area contributed by atoms with Crippen LogP contribution in [-0.2, 0) is 9.59 Å². The van der Waals surface area contributed by atoms with E-state index in [9.17, 15) is 14.7 Å². The number of rotatable bonds is 18. The molecular weight excluding hydrogens is 341 g/mol. The molecule has 1 atom stereocenters. The maximum atomic E-state index is 11.6. The Morgan fingerprint density at radius 3 is 1.60 bits per heavy atom. The minimum atomic E-state index is -1.16. The van der Waals surface area contributed by atoms with Crippen molar-refractivity contribution in [3.63, 3.8) is 0 Å². The summed E-state index contributed by atoms with van der Waals surface area (Å²) in [5.74, 6) is -1.07. The molecule has 0 aliphatic carbocycles. The van der Waals surface area contributed by atoms with E-state index >= 15 is 0 Å². The first kappa shape index (κ1) is 28.0. The predicted molar refractivity (Wildman–Crippen MR) is 97.8 cm³/mol. The summed E-state index contributed by atoms with van der Waals surface area (Å²) in [6, 6.07) is -0.763. The minimum Gasteiger partial charge on any atom is -0.548 e. The third-order valence-corrected chi connectivity index (χ3v) is 4.52. The molecule has 0 aliphatic rings. The summed E-state index contributed by atoms with van der Waals surface area (Å²) < 4.78 is 0. The number of aliphatic carboxylic acids is 1. The average Bonchev–Trinajstić information content (AvgIpc) is 2.56. The molecule has 0 amide bonds. The van der Waals surface area contributed by atoms with Crippen molar-refractivity contribution in [2.24, 2.45) is 0 Å². The van der Waals surface area contributed by atoms with Crippen molar-refractivity contribution in [3.8, 4) is 0 Å². The number of Topliss-reactive ketones (excluding diaryl/α,β-unsaturated/α-hetero) is 1. The van der Waals surface area contributed by atoms with E-state index in [0.717, 1.165) is 12.8 Å². The average molecular weight is 380 g/mol. The fourth-order valence-electron chi connectivity index (χ4n) is 2.78. The molecule has 0 saturated heterocycles. The van der Waals surface area contributed by atoms with Crippen molar-refractivity contribution in [2.75, 3.05) is 6.54 Å². The molecule has 0 unspecified atom stereocenters. The van der Waals surface area contributed by atoms with Crippen LogP contribution in [0.4, 0.5) is 0 Å².